The minimum absolute atomic E-state index is 0.145. The Morgan fingerprint density at radius 3 is 2.56 bits per heavy atom. The van der Waals surface area contributed by atoms with Crippen LogP contribution in [0, 0.1) is 11.7 Å². The van der Waals surface area contributed by atoms with Crippen LogP contribution in [0.3, 0.4) is 0 Å². The molecule has 1 aliphatic rings. The Balaban J connectivity index is 2.15. The molecule has 1 saturated carbocycles. The third-order valence-electron chi connectivity index (χ3n) is 3.48. The number of benzene rings is 1. The van der Waals surface area contributed by atoms with Crippen LogP contribution in [0.25, 0.3) is 0 Å². The fourth-order valence-electron chi connectivity index (χ4n) is 2.52. The molecule has 0 aliphatic heterocycles. The minimum Gasteiger partial charge on any atom is -0.324 e. The van der Waals surface area contributed by atoms with E-state index in [4.69, 9.17) is 5.73 Å². The quantitative estimate of drug-likeness (QED) is 0.867. The van der Waals surface area contributed by atoms with Crippen LogP contribution in [-0.2, 0) is 0 Å². The second kappa shape index (κ2) is 5.28. The number of hydrogen-bond acceptors (Lipinski definition) is 1. The molecule has 2 rings (SSSR count). The van der Waals surface area contributed by atoms with Crippen molar-refractivity contribution in [1.29, 1.82) is 0 Å². The van der Waals surface area contributed by atoms with Gasteiger partial charge in [0.15, 0.2) is 0 Å². The first-order valence-corrected chi connectivity index (χ1v) is 6.68. The first-order chi connectivity index (χ1) is 7.68. The summed E-state index contributed by atoms with van der Waals surface area (Å²) in [6, 6.07) is 5.02. The van der Waals surface area contributed by atoms with Gasteiger partial charge in [-0.2, -0.15) is 0 Å². The van der Waals surface area contributed by atoms with Crippen LogP contribution in [0.5, 0.6) is 0 Å². The Hall–Kier alpha value is -0.410. The van der Waals surface area contributed by atoms with Crippen molar-refractivity contribution >= 4 is 15.9 Å². The number of nitrogens with two attached hydrogens (primary N) is 1. The Bertz CT molecular complexity index is 361. The summed E-state index contributed by atoms with van der Waals surface area (Å²) in [5.41, 5.74) is 6.83. The van der Waals surface area contributed by atoms with Gasteiger partial charge in [0.1, 0.15) is 5.82 Å². The molecule has 1 fully saturated rings. The smallest absolute Gasteiger partial charge is 0.129 e. The minimum atomic E-state index is -0.188. The lowest BCUT2D eigenvalue weighted by Gasteiger charge is -2.28. The molecule has 1 aromatic rings. The molecule has 0 radical (unpaired) electrons. The van der Waals surface area contributed by atoms with E-state index in [9.17, 15) is 4.39 Å². The van der Waals surface area contributed by atoms with E-state index >= 15 is 0 Å². The third kappa shape index (κ3) is 2.64. The summed E-state index contributed by atoms with van der Waals surface area (Å²) in [4.78, 5) is 0. The number of rotatable bonds is 2. The lowest BCUT2D eigenvalue weighted by molar-refractivity contribution is 0.303. The molecule has 88 valence electrons. The third-order valence-corrected chi connectivity index (χ3v) is 3.97. The number of halogens is 2. The van der Waals surface area contributed by atoms with Gasteiger partial charge in [0.25, 0.3) is 0 Å². The SMILES string of the molecule is NC(c1ccc(Br)cc1F)C1CCCCC1. The van der Waals surface area contributed by atoms with Crippen molar-refractivity contribution in [3.05, 3.63) is 34.1 Å². The molecular formula is C13H17BrFN. The molecule has 0 aromatic heterocycles. The molecule has 2 N–H and O–H groups in total. The van der Waals surface area contributed by atoms with Crippen LogP contribution in [-0.4, -0.2) is 0 Å². The molecule has 1 atom stereocenters. The second-order valence-electron chi connectivity index (χ2n) is 4.59. The highest BCUT2D eigenvalue weighted by molar-refractivity contribution is 9.10. The predicted octanol–water partition coefficient (Wildman–Crippen LogP) is 4.17. The Labute approximate surface area is 104 Å². The molecule has 1 nitrogen and oxygen atoms in total. The van der Waals surface area contributed by atoms with Crippen molar-refractivity contribution in [2.24, 2.45) is 11.7 Å². The average molecular weight is 286 g/mol. The summed E-state index contributed by atoms with van der Waals surface area (Å²) in [6.07, 6.45) is 6.03. The summed E-state index contributed by atoms with van der Waals surface area (Å²) in [5.74, 6) is 0.261. The second-order valence-corrected chi connectivity index (χ2v) is 5.51. The van der Waals surface area contributed by atoms with Gasteiger partial charge in [-0.25, -0.2) is 4.39 Å². The maximum Gasteiger partial charge on any atom is 0.129 e. The van der Waals surface area contributed by atoms with Gasteiger partial charge in [0.2, 0.25) is 0 Å². The van der Waals surface area contributed by atoms with Gasteiger partial charge in [0, 0.05) is 16.1 Å². The lowest BCUT2D eigenvalue weighted by Crippen LogP contribution is -2.24. The van der Waals surface area contributed by atoms with E-state index in [0.29, 0.717) is 11.5 Å². The molecule has 1 aromatic carbocycles. The topological polar surface area (TPSA) is 26.0 Å². The Morgan fingerprint density at radius 1 is 1.25 bits per heavy atom. The van der Waals surface area contributed by atoms with Gasteiger partial charge in [0.05, 0.1) is 0 Å². The van der Waals surface area contributed by atoms with Crippen LogP contribution in [0.15, 0.2) is 22.7 Å². The predicted molar refractivity (Wildman–Crippen MR) is 67.6 cm³/mol. The molecule has 3 heteroatoms. The van der Waals surface area contributed by atoms with E-state index in [2.05, 4.69) is 15.9 Å². The van der Waals surface area contributed by atoms with Crippen LogP contribution in [0.2, 0.25) is 0 Å². The lowest BCUT2D eigenvalue weighted by atomic mass is 9.81. The van der Waals surface area contributed by atoms with E-state index in [1.807, 2.05) is 6.07 Å². The molecule has 0 spiro atoms. The molecule has 0 heterocycles. The highest BCUT2D eigenvalue weighted by atomic mass is 79.9. The van der Waals surface area contributed by atoms with Crippen molar-refractivity contribution in [2.75, 3.05) is 0 Å². The summed E-state index contributed by atoms with van der Waals surface area (Å²) < 4.78 is 14.5. The normalized spacial score (nSPS) is 19.7. The molecule has 1 unspecified atom stereocenters. The van der Waals surface area contributed by atoms with Crippen molar-refractivity contribution in [3.8, 4) is 0 Å². The molecule has 16 heavy (non-hydrogen) atoms. The van der Waals surface area contributed by atoms with E-state index in [1.54, 1.807) is 6.07 Å². The maximum absolute atomic E-state index is 13.7. The van der Waals surface area contributed by atoms with Crippen LogP contribution < -0.4 is 5.73 Å². The summed E-state index contributed by atoms with van der Waals surface area (Å²) in [6.45, 7) is 0. The first-order valence-electron chi connectivity index (χ1n) is 5.89. The van der Waals surface area contributed by atoms with Gasteiger partial charge >= 0.3 is 0 Å². The summed E-state index contributed by atoms with van der Waals surface area (Å²) in [7, 11) is 0. The van der Waals surface area contributed by atoms with Gasteiger partial charge in [-0.15, -0.1) is 0 Å². The standard InChI is InChI=1S/C13H17BrFN/c14-10-6-7-11(12(15)8-10)13(16)9-4-2-1-3-5-9/h6-9,13H,1-5,16H2. The van der Waals surface area contributed by atoms with Gasteiger partial charge < -0.3 is 5.73 Å². The fourth-order valence-corrected chi connectivity index (χ4v) is 2.85. The molecule has 0 amide bonds. The van der Waals surface area contributed by atoms with E-state index < -0.39 is 0 Å². The zero-order chi connectivity index (χ0) is 11.5. The van der Waals surface area contributed by atoms with Crippen molar-refractivity contribution in [3.63, 3.8) is 0 Å². The van der Waals surface area contributed by atoms with Crippen molar-refractivity contribution < 1.29 is 4.39 Å². The Kier molecular flexibility index (Phi) is 3.98. The highest BCUT2D eigenvalue weighted by Crippen LogP contribution is 2.34. The van der Waals surface area contributed by atoms with Crippen molar-refractivity contribution in [1.82, 2.24) is 0 Å². The maximum atomic E-state index is 13.7. The van der Waals surface area contributed by atoms with Crippen LogP contribution in [0.1, 0.15) is 43.7 Å². The van der Waals surface area contributed by atoms with Gasteiger partial charge in [-0.3, -0.25) is 0 Å². The summed E-state index contributed by atoms with van der Waals surface area (Å²) >= 11 is 3.26. The molecular weight excluding hydrogens is 269 g/mol. The molecule has 0 bridgehead atoms. The highest BCUT2D eigenvalue weighted by Gasteiger charge is 2.23. The van der Waals surface area contributed by atoms with Crippen LogP contribution in [0.4, 0.5) is 4.39 Å². The largest absolute Gasteiger partial charge is 0.324 e. The molecule has 0 saturated heterocycles. The fraction of sp³-hybridized carbons (Fsp3) is 0.538. The Morgan fingerprint density at radius 2 is 1.94 bits per heavy atom. The van der Waals surface area contributed by atoms with Gasteiger partial charge in [-0.1, -0.05) is 41.3 Å². The van der Waals surface area contributed by atoms with E-state index in [1.165, 1.54) is 25.3 Å². The monoisotopic (exact) mass is 285 g/mol. The van der Waals surface area contributed by atoms with E-state index in [-0.39, 0.29) is 11.9 Å². The average Bonchev–Trinajstić information content (AvgIpc) is 2.29. The van der Waals surface area contributed by atoms with Crippen molar-refractivity contribution in [2.45, 2.75) is 38.1 Å². The summed E-state index contributed by atoms with van der Waals surface area (Å²) in [5, 5.41) is 0. The number of hydrogen-bond donors (Lipinski definition) is 1. The first kappa shape index (κ1) is 12.1. The molecule has 1 aliphatic carbocycles. The van der Waals surface area contributed by atoms with E-state index in [0.717, 1.165) is 17.3 Å². The van der Waals surface area contributed by atoms with Crippen LogP contribution >= 0.6 is 15.9 Å². The zero-order valence-corrected chi connectivity index (χ0v) is 10.8. The zero-order valence-electron chi connectivity index (χ0n) is 9.26. The van der Waals surface area contributed by atoms with Gasteiger partial charge in [-0.05, 0) is 30.9 Å².